The quantitative estimate of drug-likeness (QED) is 0.758. The van der Waals surface area contributed by atoms with Crippen LogP contribution in [0.15, 0.2) is 30.3 Å². The van der Waals surface area contributed by atoms with Crippen LogP contribution in [0.2, 0.25) is 0 Å². The SMILES string of the molecule is CC(=O)O.C[N+](C)(C)Cc1ccccc1. The zero-order valence-electron chi connectivity index (χ0n) is 9.90. The fraction of sp³-hybridized carbons (Fsp3) is 0.417. The van der Waals surface area contributed by atoms with Crippen LogP contribution in [0.1, 0.15) is 12.5 Å². The Kier molecular flexibility index (Phi) is 5.64. The maximum atomic E-state index is 9.00. The number of hydrogen-bond donors (Lipinski definition) is 1. The molecule has 0 saturated heterocycles. The molecule has 0 aliphatic carbocycles. The summed E-state index contributed by atoms with van der Waals surface area (Å²) in [7, 11) is 6.60. The summed E-state index contributed by atoms with van der Waals surface area (Å²) in [6, 6.07) is 10.6. The smallest absolute Gasteiger partial charge is 0.300 e. The van der Waals surface area contributed by atoms with Crippen LogP contribution in [0.4, 0.5) is 0 Å². The molecule has 1 N–H and O–H groups in total. The second-order valence-electron chi connectivity index (χ2n) is 4.45. The Morgan fingerprint density at radius 1 is 1.20 bits per heavy atom. The Bertz CT molecular complexity index is 284. The van der Waals surface area contributed by atoms with Crippen LogP contribution in [0.5, 0.6) is 0 Å². The predicted octanol–water partition coefficient (Wildman–Crippen LogP) is 1.98. The van der Waals surface area contributed by atoms with E-state index in [1.165, 1.54) is 5.56 Å². The van der Waals surface area contributed by atoms with Crippen LogP contribution >= 0.6 is 0 Å². The minimum atomic E-state index is -0.833. The van der Waals surface area contributed by atoms with Crippen molar-refractivity contribution in [1.82, 2.24) is 0 Å². The fourth-order valence-electron chi connectivity index (χ4n) is 1.13. The Hall–Kier alpha value is -1.35. The van der Waals surface area contributed by atoms with Gasteiger partial charge in [0.25, 0.3) is 5.97 Å². The standard InChI is InChI=1S/C10H16N.C2H4O2/c1-11(2,3)9-10-7-5-4-6-8-10;1-2(3)4/h4-8H,9H2,1-3H3;1H3,(H,3,4)/q+1;. The third kappa shape index (κ3) is 10.6. The van der Waals surface area contributed by atoms with Crippen molar-refractivity contribution in [3.8, 4) is 0 Å². The molecule has 3 nitrogen and oxygen atoms in total. The molecule has 0 unspecified atom stereocenters. The zero-order valence-corrected chi connectivity index (χ0v) is 9.90. The van der Waals surface area contributed by atoms with Gasteiger partial charge < -0.3 is 9.59 Å². The lowest BCUT2D eigenvalue weighted by Crippen LogP contribution is -2.33. The molecule has 0 bridgehead atoms. The molecule has 0 amide bonds. The van der Waals surface area contributed by atoms with E-state index in [4.69, 9.17) is 9.90 Å². The molecule has 0 aliphatic rings. The van der Waals surface area contributed by atoms with Crippen molar-refractivity contribution in [3.05, 3.63) is 35.9 Å². The number of rotatable bonds is 2. The summed E-state index contributed by atoms with van der Waals surface area (Å²) in [5.41, 5.74) is 1.40. The highest BCUT2D eigenvalue weighted by Crippen LogP contribution is 2.05. The summed E-state index contributed by atoms with van der Waals surface area (Å²) >= 11 is 0. The van der Waals surface area contributed by atoms with Gasteiger partial charge in [0.2, 0.25) is 0 Å². The van der Waals surface area contributed by atoms with Crippen LogP contribution in [0, 0.1) is 0 Å². The van der Waals surface area contributed by atoms with E-state index >= 15 is 0 Å². The second-order valence-corrected chi connectivity index (χ2v) is 4.45. The van der Waals surface area contributed by atoms with Crippen molar-refractivity contribution in [1.29, 1.82) is 0 Å². The molecule has 0 saturated carbocycles. The van der Waals surface area contributed by atoms with Gasteiger partial charge in [-0.15, -0.1) is 0 Å². The normalized spacial score (nSPS) is 10.1. The summed E-state index contributed by atoms with van der Waals surface area (Å²) in [5, 5.41) is 7.42. The van der Waals surface area contributed by atoms with Crippen molar-refractivity contribution in [2.24, 2.45) is 0 Å². The van der Waals surface area contributed by atoms with Gasteiger partial charge >= 0.3 is 0 Å². The van der Waals surface area contributed by atoms with Crippen LogP contribution in [-0.2, 0) is 11.3 Å². The number of nitrogens with zero attached hydrogens (tertiary/aromatic N) is 1. The molecule has 0 fully saturated rings. The minimum absolute atomic E-state index is 0.833. The summed E-state index contributed by atoms with van der Waals surface area (Å²) in [5.74, 6) is -0.833. The highest BCUT2D eigenvalue weighted by molar-refractivity contribution is 5.62. The van der Waals surface area contributed by atoms with E-state index in [1.54, 1.807) is 0 Å². The van der Waals surface area contributed by atoms with Crippen molar-refractivity contribution in [3.63, 3.8) is 0 Å². The van der Waals surface area contributed by atoms with Gasteiger partial charge in [0.15, 0.2) is 0 Å². The van der Waals surface area contributed by atoms with Gasteiger partial charge in [0.05, 0.1) is 21.1 Å². The first-order valence-corrected chi connectivity index (χ1v) is 4.85. The summed E-state index contributed by atoms with van der Waals surface area (Å²) < 4.78 is 0.990. The van der Waals surface area contributed by atoms with Crippen LogP contribution in [0.25, 0.3) is 0 Å². The molecule has 0 heterocycles. The number of carbonyl (C=O) groups is 1. The van der Waals surface area contributed by atoms with Gasteiger partial charge in [-0.25, -0.2) is 0 Å². The molecule has 0 atom stereocenters. The van der Waals surface area contributed by atoms with Crippen molar-refractivity contribution in [2.75, 3.05) is 21.1 Å². The average molecular weight is 210 g/mol. The Morgan fingerprint density at radius 3 is 1.93 bits per heavy atom. The molecule has 15 heavy (non-hydrogen) atoms. The van der Waals surface area contributed by atoms with E-state index in [0.29, 0.717) is 0 Å². The first-order chi connectivity index (χ1) is 6.81. The Balaban J connectivity index is 0.000000423. The van der Waals surface area contributed by atoms with E-state index in [0.717, 1.165) is 18.0 Å². The Morgan fingerprint density at radius 2 is 1.60 bits per heavy atom. The van der Waals surface area contributed by atoms with Gasteiger partial charge in [0.1, 0.15) is 6.54 Å². The Labute approximate surface area is 91.6 Å². The lowest BCUT2D eigenvalue weighted by Gasteiger charge is -2.23. The van der Waals surface area contributed by atoms with Gasteiger partial charge in [-0.1, -0.05) is 30.3 Å². The maximum Gasteiger partial charge on any atom is 0.300 e. The molecule has 0 aliphatic heterocycles. The second kappa shape index (κ2) is 6.19. The highest BCUT2D eigenvalue weighted by Gasteiger charge is 2.06. The summed E-state index contributed by atoms with van der Waals surface area (Å²) in [4.78, 5) is 9.00. The summed E-state index contributed by atoms with van der Waals surface area (Å²) in [6.45, 7) is 2.18. The average Bonchev–Trinajstić information content (AvgIpc) is 2.01. The minimum Gasteiger partial charge on any atom is -0.481 e. The number of hydrogen-bond acceptors (Lipinski definition) is 1. The van der Waals surface area contributed by atoms with Crippen LogP contribution in [-0.4, -0.2) is 36.7 Å². The van der Waals surface area contributed by atoms with Gasteiger partial charge in [-0.05, 0) is 0 Å². The topological polar surface area (TPSA) is 37.3 Å². The van der Waals surface area contributed by atoms with Gasteiger partial charge in [0, 0.05) is 12.5 Å². The molecule has 84 valence electrons. The summed E-state index contributed by atoms with van der Waals surface area (Å²) in [6.07, 6.45) is 0. The third-order valence-electron chi connectivity index (χ3n) is 1.50. The number of quaternary nitrogens is 1. The predicted molar refractivity (Wildman–Crippen MR) is 61.5 cm³/mol. The van der Waals surface area contributed by atoms with E-state index in [1.807, 2.05) is 0 Å². The lowest BCUT2D eigenvalue weighted by atomic mass is 10.2. The molecule has 1 rings (SSSR count). The van der Waals surface area contributed by atoms with Crippen molar-refractivity contribution in [2.45, 2.75) is 13.5 Å². The van der Waals surface area contributed by atoms with Gasteiger partial charge in [-0.3, -0.25) is 4.79 Å². The molecule has 0 spiro atoms. The number of aliphatic carboxylic acids is 1. The highest BCUT2D eigenvalue weighted by atomic mass is 16.4. The number of carboxylic acids is 1. The first-order valence-electron chi connectivity index (χ1n) is 4.85. The number of carboxylic acid groups (broad SMARTS) is 1. The molecular formula is C12H20NO2+. The van der Waals surface area contributed by atoms with Crippen molar-refractivity contribution < 1.29 is 14.4 Å². The first kappa shape index (κ1) is 13.7. The van der Waals surface area contributed by atoms with Gasteiger partial charge in [-0.2, -0.15) is 0 Å². The third-order valence-corrected chi connectivity index (χ3v) is 1.50. The molecule has 0 aromatic heterocycles. The fourth-order valence-corrected chi connectivity index (χ4v) is 1.13. The number of benzene rings is 1. The van der Waals surface area contributed by atoms with Crippen molar-refractivity contribution >= 4 is 5.97 Å². The zero-order chi connectivity index (χ0) is 11.9. The van der Waals surface area contributed by atoms with E-state index in [9.17, 15) is 0 Å². The lowest BCUT2D eigenvalue weighted by molar-refractivity contribution is -0.884. The molecular weight excluding hydrogens is 190 g/mol. The molecule has 0 radical (unpaired) electrons. The molecule has 1 aromatic rings. The maximum absolute atomic E-state index is 9.00. The van der Waals surface area contributed by atoms with E-state index < -0.39 is 5.97 Å². The largest absolute Gasteiger partial charge is 0.481 e. The van der Waals surface area contributed by atoms with Crippen LogP contribution < -0.4 is 0 Å². The monoisotopic (exact) mass is 210 g/mol. The molecule has 3 heteroatoms. The van der Waals surface area contributed by atoms with E-state index in [2.05, 4.69) is 51.5 Å². The molecule has 1 aromatic carbocycles. The van der Waals surface area contributed by atoms with E-state index in [-0.39, 0.29) is 0 Å². The van der Waals surface area contributed by atoms with Crippen LogP contribution in [0.3, 0.4) is 0 Å².